The van der Waals surface area contributed by atoms with Gasteiger partial charge in [0.25, 0.3) is 0 Å². The summed E-state index contributed by atoms with van der Waals surface area (Å²) >= 11 is 1.76. The van der Waals surface area contributed by atoms with Gasteiger partial charge in [-0.15, -0.1) is 11.3 Å². The minimum absolute atomic E-state index is 0.0122. The largest absolute Gasteiger partial charge is 0.356 e. The predicted octanol–water partition coefficient (Wildman–Crippen LogP) is 1.32. The zero-order valence-electron chi connectivity index (χ0n) is 12.9. The Hall–Kier alpha value is -1.56. The van der Waals surface area contributed by atoms with Gasteiger partial charge in [-0.25, -0.2) is 4.99 Å². The van der Waals surface area contributed by atoms with Crippen LogP contribution in [-0.2, 0) is 11.2 Å². The number of amides is 1. The minimum atomic E-state index is 0.0122. The minimum Gasteiger partial charge on any atom is -0.356 e. The van der Waals surface area contributed by atoms with Crippen molar-refractivity contribution in [3.63, 3.8) is 0 Å². The van der Waals surface area contributed by atoms with Crippen LogP contribution in [0.4, 0.5) is 0 Å². The number of aliphatic imine (C=N–C) groups is 1. The van der Waals surface area contributed by atoms with Crippen molar-refractivity contribution in [3.8, 4) is 0 Å². The molecule has 116 valence electrons. The van der Waals surface area contributed by atoms with Crippen LogP contribution in [0.1, 0.15) is 18.2 Å². The van der Waals surface area contributed by atoms with E-state index >= 15 is 0 Å². The fourth-order valence-electron chi connectivity index (χ4n) is 1.90. The van der Waals surface area contributed by atoms with Crippen molar-refractivity contribution in [3.05, 3.63) is 22.4 Å². The third-order valence-corrected chi connectivity index (χ3v) is 4.48. The van der Waals surface area contributed by atoms with Crippen molar-refractivity contribution in [1.82, 2.24) is 15.5 Å². The van der Waals surface area contributed by atoms with Gasteiger partial charge >= 0.3 is 0 Å². The number of guanidine groups is 1. The highest BCUT2D eigenvalue weighted by Gasteiger charge is 2.33. The zero-order valence-corrected chi connectivity index (χ0v) is 13.7. The molecule has 1 aliphatic rings. The van der Waals surface area contributed by atoms with Gasteiger partial charge < -0.3 is 15.5 Å². The van der Waals surface area contributed by atoms with Crippen LogP contribution in [0.3, 0.4) is 0 Å². The molecule has 0 radical (unpaired) electrons. The van der Waals surface area contributed by atoms with Crippen molar-refractivity contribution in [2.45, 2.75) is 25.8 Å². The quantitative estimate of drug-likeness (QED) is 0.616. The Labute approximate surface area is 130 Å². The lowest BCUT2D eigenvalue weighted by Gasteiger charge is -2.13. The third-order valence-electron chi connectivity index (χ3n) is 3.55. The molecule has 0 unspecified atom stereocenters. The number of rotatable bonds is 6. The molecular formula is C15H24N4OS. The molecule has 2 N–H and O–H groups in total. The third kappa shape index (κ3) is 5.38. The van der Waals surface area contributed by atoms with Crippen LogP contribution >= 0.6 is 11.3 Å². The van der Waals surface area contributed by atoms with E-state index in [4.69, 9.17) is 0 Å². The fraction of sp³-hybridized carbons (Fsp3) is 0.600. The van der Waals surface area contributed by atoms with E-state index in [1.165, 1.54) is 11.3 Å². The summed E-state index contributed by atoms with van der Waals surface area (Å²) in [7, 11) is 3.50. The number of thiophene rings is 1. The van der Waals surface area contributed by atoms with Crippen LogP contribution in [-0.4, -0.2) is 50.0 Å². The fourth-order valence-corrected chi connectivity index (χ4v) is 2.61. The number of hydrogen-bond donors (Lipinski definition) is 2. The van der Waals surface area contributed by atoms with E-state index in [0.29, 0.717) is 12.0 Å². The average Bonchev–Trinajstić information content (AvgIpc) is 2.92. The number of hydrogen-bond acceptors (Lipinski definition) is 3. The SMILES string of the molecule is C[C@@H]1C[C@H]1NC(=NCC(=O)N(C)C)NCCc1cccs1. The number of carbonyl (C=O) groups excluding carboxylic acids is 1. The maximum absolute atomic E-state index is 11.6. The topological polar surface area (TPSA) is 56.7 Å². The van der Waals surface area contributed by atoms with Gasteiger partial charge in [-0.3, -0.25) is 4.79 Å². The van der Waals surface area contributed by atoms with Gasteiger partial charge in [-0.2, -0.15) is 0 Å². The molecule has 2 rings (SSSR count). The van der Waals surface area contributed by atoms with Crippen molar-refractivity contribution < 1.29 is 4.79 Å². The molecule has 2 atom stereocenters. The standard InChI is InChI=1S/C15H24N4OS/c1-11-9-13(11)18-15(17-10-14(20)19(2)3)16-7-6-12-5-4-8-21-12/h4-5,8,11,13H,6-7,9-10H2,1-3H3,(H2,16,17,18)/t11-,13-/m1/s1. The Bertz CT molecular complexity index is 484. The van der Waals surface area contributed by atoms with Crippen molar-refractivity contribution in [2.75, 3.05) is 27.2 Å². The molecule has 1 amide bonds. The number of carbonyl (C=O) groups is 1. The molecule has 0 aromatic carbocycles. The lowest BCUT2D eigenvalue weighted by molar-refractivity contribution is -0.127. The second kappa shape index (κ2) is 7.45. The normalized spacial score (nSPS) is 21.0. The molecule has 0 aliphatic heterocycles. The predicted molar refractivity (Wildman–Crippen MR) is 87.7 cm³/mol. The molecule has 5 nitrogen and oxygen atoms in total. The molecule has 1 fully saturated rings. The van der Waals surface area contributed by atoms with Crippen LogP contribution in [0, 0.1) is 5.92 Å². The molecule has 0 spiro atoms. The lowest BCUT2D eigenvalue weighted by atomic mass is 10.3. The van der Waals surface area contributed by atoms with Crippen LogP contribution < -0.4 is 10.6 Å². The van der Waals surface area contributed by atoms with Gasteiger partial charge in [-0.1, -0.05) is 13.0 Å². The van der Waals surface area contributed by atoms with Crippen LogP contribution in [0.25, 0.3) is 0 Å². The van der Waals surface area contributed by atoms with E-state index in [9.17, 15) is 4.79 Å². The molecule has 1 aromatic heterocycles. The Morgan fingerprint density at radius 2 is 2.29 bits per heavy atom. The van der Waals surface area contributed by atoms with Crippen LogP contribution in [0.5, 0.6) is 0 Å². The van der Waals surface area contributed by atoms with Crippen LogP contribution in [0.2, 0.25) is 0 Å². The van der Waals surface area contributed by atoms with E-state index in [1.807, 2.05) is 0 Å². The Morgan fingerprint density at radius 1 is 1.52 bits per heavy atom. The first kappa shape index (κ1) is 15.8. The summed E-state index contributed by atoms with van der Waals surface area (Å²) in [6.07, 6.45) is 2.15. The second-order valence-electron chi connectivity index (χ2n) is 5.67. The molecule has 0 saturated heterocycles. The van der Waals surface area contributed by atoms with Crippen molar-refractivity contribution in [1.29, 1.82) is 0 Å². The molecule has 1 heterocycles. The zero-order chi connectivity index (χ0) is 15.2. The lowest BCUT2D eigenvalue weighted by Crippen LogP contribution is -2.41. The Kier molecular flexibility index (Phi) is 5.61. The first-order valence-corrected chi connectivity index (χ1v) is 8.21. The summed E-state index contributed by atoms with van der Waals surface area (Å²) in [6, 6.07) is 4.69. The average molecular weight is 308 g/mol. The van der Waals surface area contributed by atoms with E-state index in [0.717, 1.165) is 18.9 Å². The maximum atomic E-state index is 11.6. The van der Waals surface area contributed by atoms with E-state index in [-0.39, 0.29) is 12.5 Å². The molecule has 6 heteroatoms. The van der Waals surface area contributed by atoms with Crippen molar-refractivity contribution in [2.24, 2.45) is 10.9 Å². The molecule has 1 saturated carbocycles. The maximum Gasteiger partial charge on any atom is 0.243 e. The van der Waals surface area contributed by atoms with Crippen molar-refractivity contribution >= 4 is 23.2 Å². The molecule has 1 aromatic rings. The van der Waals surface area contributed by atoms with E-state index in [1.54, 1.807) is 30.3 Å². The highest BCUT2D eigenvalue weighted by molar-refractivity contribution is 7.09. The number of likely N-dealkylation sites (N-methyl/N-ethyl adjacent to an activating group) is 1. The van der Waals surface area contributed by atoms with Gasteiger partial charge in [0.2, 0.25) is 5.91 Å². The van der Waals surface area contributed by atoms with E-state index in [2.05, 4.69) is 40.1 Å². The molecular weight excluding hydrogens is 284 g/mol. The van der Waals surface area contributed by atoms with Gasteiger partial charge in [0.15, 0.2) is 5.96 Å². The number of nitrogens with zero attached hydrogens (tertiary/aromatic N) is 2. The first-order chi connectivity index (χ1) is 10.1. The van der Waals surface area contributed by atoms with E-state index < -0.39 is 0 Å². The second-order valence-corrected chi connectivity index (χ2v) is 6.71. The van der Waals surface area contributed by atoms with Gasteiger partial charge in [0.05, 0.1) is 0 Å². The number of nitrogens with one attached hydrogen (secondary N) is 2. The molecule has 21 heavy (non-hydrogen) atoms. The summed E-state index contributed by atoms with van der Waals surface area (Å²) in [5, 5.41) is 8.79. The summed E-state index contributed by atoms with van der Waals surface area (Å²) in [6.45, 7) is 3.22. The van der Waals surface area contributed by atoms with Crippen LogP contribution in [0.15, 0.2) is 22.5 Å². The Morgan fingerprint density at radius 3 is 2.86 bits per heavy atom. The molecule has 0 bridgehead atoms. The Balaban J connectivity index is 1.82. The van der Waals surface area contributed by atoms with Gasteiger partial charge in [0, 0.05) is 31.6 Å². The van der Waals surface area contributed by atoms with Gasteiger partial charge in [-0.05, 0) is 30.2 Å². The first-order valence-electron chi connectivity index (χ1n) is 7.33. The highest BCUT2D eigenvalue weighted by Crippen LogP contribution is 2.28. The smallest absolute Gasteiger partial charge is 0.243 e. The van der Waals surface area contributed by atoms with Gasteiger partial charge in [0.1, 0.15) is 6.54 Å². The monoisotopic (exact) mass is 308 g/mol. The summed E-state index contributed by atoms with van der Waals surface area (Å²) < 4.78 is 0. The summed E-state index contributed by atoms with van der Waals surface area (Å²) in [4.78, 5) is 18.9. The summed E-state index contributed by atoms with van der Waals surface area (Å²) in [5.41, 5.74) is 0. The molecule has 1 aliphatic carbocycles. The summed E-state index contributed by atoms with van der Waals surface area (Å²) in [5.74, 6) is 1.45. The highest BCUT2D eigenvalue weighted by atomic mass is 32.1.